The van der Waals surface area contributed by atoms with E-state index in [1.807, 2.05) is 23.6 Å². The molecule has 2 N–H and O–H groups in total. The van der Waals surface area contributed by atoms with Gasteiger partial charge in [-0.15, -0.1) is 11.3 Å². The van der Waals surface area contributed by atoms with Crippen LogP contribution in [0, 0.1) is 0 Å². The monoisotopic (exact) mass is 361 g/mol. The molecular formula is C16H12BrNO2S. The van der Waals surface area contributed by atoms with Crippen LogP contribution in [0.25, 0.3) is 10.1 Å². The molecule has 5 heteroatoms. The minimum atomic E-state index is -0.0801. The smallest absolute Gasteiger partial charge is 0.198 e. The maximum absolute atomic E-state index is 12.8. The minimum absolute atomic E-state index is 0.0801. The summed E-state index contributed by atoms with van der Waals surface area (Å²) in [4.78, 5) is 12.8. The normalized spacial score (nSPS) is 10.8. The van der Waals surface area contributed by atoms with Gasteiger partial charge < -0.3 is 10.5 Å². The summed E-state index contributed by atoms with van der Waals surface area (Å²) in [5.41, 5.74) is 7.49. The van der Waals surface area contributed by atoms with Gasteiger partial charge in [-0.2, -0.15) is 0 Å². The second-order valence-corrected chi connectivity index (χ2v) is 6.26. The molecule has 0 saturated carbocycles. The second-order valence-electron chi connectivity index (χ2n) is 4.52. The molecule has 1 heterocycles. The van der Waals surface area contributed by atoms with Crippen molar-refractivity contribution in [3.63, 3.8) is 0 Å². The Bertz CT molecular complexity index is 841. The van der Waals surface area contributed by atoms with Crippen molar-refractivity contribution in [3.8, 4) is 5.75 Å². The van der Waals surface area contributed by atoms with Crippen LogP contribution in [0.1, 0.15) is 15.9 Å². The van der Waals surface area contributed by atoms with Crippen molar-refractivity contribution in [2.75, 3.05) is 12.8 Å². The van der Waals surface area contributed by atoms with Crippen molar-refractivity contribution >= 4 is 48.8 Å². The number of thiophene rings is 1. The highest BCUT2D eigenvalue weighted by molar-refractivity contribution is 9.10. The largest absolute Gasteiger partial charge is 0.494 e. The van der Waals surface area contributed by atoms with Gasteiger partial charge in [-0.05, 0) is 34.1 Å². The van der Waals surface area contributed by atoms with Gasteiger partial charge in [-0.3, -0.25) is 4.79 Å². The molecule has 1 aromatic heterocycles. The van der Waals surface area contributed by atoms with E-state index in [1.165, 1.54) is 7.11 Å². The Morgan fingerprint density at radius 2 is 1.95 bits per heavy atom. The summed E-state index contributed by atoms with van der Waals surface area (Å²) in [6.07, 6.45) is 0. The lowest BCUT2D eigenvalue weighted by Gasteiger charge is -2.09. The summed E-state index contributed by atoms with van der Waals surface area (Å²) in [6, 6.07) is 11.1. The Labute approximate surface area is 134 Å². The molecule has 3 nitrogen and oxygen atoms in total. The third-order valence-corrected chi connectivity index (χ3v) is 5.24. The zero-order valence-corrected chi connectivity index (χ0v) is 13.6. The number of carbonyl (C=O) groups excluding carboxylic acids is 1. The van der Waals surface area contributed by atoms with Gasteiger partial charge in [-0.1, -0.05) is 18.2 Å². The first-order chi connectivity index (χ1) is 10.1. The lowest BCUT2D eigenvalue weighted by molar-refractivity contribution is 0.103. The summed E-state index contributed by atoms with van der Waals surface area (Å²) in [5.74, 6) is 0.348. The summed E-state index contributed by atoms with van der Waals surface area (Å²) < 4.78 is 7.33. The number of hydrogen-bond donors (Lipinski definition) is 1. The van der Waals surface area contributed by atoms with Crippen molar-refractivity contribution < 1.29 is 9.53 Å². The van der Waals surface area contributed by atoms with E-state index in [0.717, 1.165) is 14.6 Å². The second kappa shape index (κ2) is 5.50. The van der Waals surface area contributed by atoms with Gasteiger partial charge in [0.05, 0.1) is 18.4 Å². The minimum Gasteiger partial charge on any atom is -0.494 e. The highest BCUT2D eigenvalue weighted by Crippen LogP contribution is 2.35. The van der Waals surface area contributed by atoms with Crippen LogP contribution < -0.4 is 10.5 Å². The van der Waals surface area contributed by atoms with Gasteiger partial charge in [0.15, 0.2) is 11.5 Å². The molecule has 0 aliphatic carbocycles. The number of rotatable bonds is 3. The third-order valence-electron chi connectivity index (χ3n) is 3.29. The number of halogens is 1. The molecule has 3 rings (SSSR count). The van der Waals surface area contributed by atoms with E-state index < -0.39 is 0 Å². The average molecular weight is 362 g/mol. The van der Waals surface area contributed by atoms with Crippen LogP contribution in [-0.2, 0) is 0 Å². The summed E-state index contributed by atoms with van der Waals surface area (Å²) in [5, 5.41) is 2.81. The predicted molar refractivity (Wildman–Crippen MR) is 90.4 cm³/mol. The van der Waals surface area contributed by atoms with Crippen LogP contribution in [0.3, 0.4) is 0 Å². The molecule has 3 aromatic rings. The van der Waals surface area contributed by atoms with E-state index >= 15 is 0 Å². The molecule has 0 spiro atoms. The van der Waals surface area contributed by atoms with Crippen molar-refractivity contribution in [3.05, 3.63) is 57.4 Å². The molecule has 0 aliphatic heterocycles. The zero-order chi connectivity index (χ0) is 15.0. The number of hydrogen-bond acceptors (Lipinski definition) is 4. The quantitative estimate of drug-likeness (QED) is 0.552. The summed E-state index contributed by atoms with van der Waals surface area (Å²) >= 11 is 5.05. The number of ketones is 1. The maximum atomic E-state index is 12.8. The predicted octanol–water partition coefficient (Wildman–Crippen LogP) is 4.49. The molecule has 0 amide bonds. The van der Waals surface area contributed by atoms with Crippen molar-refractivity contribution in [2.24, 2.45) is 0 Å². The Hall–Kier alpha value is -1.85. The van der Waals surface area contributed by atoms with Crippen LogP contribution in [0.2, 0.25) is 0 Å². The fraction of sp³-hybridized carbons (Fsp3) is 0.0625. The molecule has 2 aromatic carbocycles. The molecule has 0 radical (unpaired) electrons. The number of nitrogens with two attached hydrogens (primary N) is 1. The van der Waals surface area contributed by atoms with Crippen LogP contribution in [-0.4, -0.2) is 12.9 Å². The van der Waals surface area contributed by atoms with Crippen LogP contribution in [0.5, 0.6) is 5.75 Å². The fourth-order valence-electron chi connectivity index (χ4n) is 2.30. The molecule has 0 atom stereocenters. The summed E-state index contributed by atoms with van der Waals surface area (Å²) in [7, 11) is 1.52. The van der Waals surface area contributed by atoms with Gasteiger partial charge in [0, 0.05) is 25.5 Å². The topological polar surface area (TPSA) is 52.3 Å². The Morgan fingerprint density at radius 3 is 2.71 bits per heavy atom. The van der Waals surface area contributed by atoms with Crippen LogP contribution in [0.15, 0.2) is 46.3 Å². The van der Waals surface area contributed by atoms with Gasteiger partial charge in [0.1, 0.15) is 0 Å². The van der Waals surface area contributed by atoms with Crippen molar-refractivity contribution in [2.45, 2.75) is 0 Å². The number of para-hydroxylation sites is 1. The Kier molecular flexibility index (Phi) is 3.69. The first-order valence-corrected chi connectivity index (χ1v) is 7.93. The molecule has 0 bridgehead atoms. The van der Waals surface area contributed by atoms with Crippen molar-refractivity contribution in [1.29, 1.82) is 0 Å². The van der Waals surface area contributed by atoms with Crippen LogP contribution >= 0.6 is 27.3 Å². The lowest BCUT2D eigenvalue weighted by atomic mass is 10.0. The zero-order valence-electron chi connectivity index (χ0n) is 11.2. The van der Waals surface area contributed by atoms with E-state index in [1.54, 1.807) is 29.5 Å². The van der Waals surface area contributed by atoms with Gasteiger partial charge in [0.25, 0.3) is 0 Å². The standard InChI is InChI=1S/C16H12BrNO2S/c1-20-15-10(5-3-7-13(15)18)14(19)11-8-21-16-9(11)4-2-6-12(16)17/h2-8H,18H2,1H3. The molecule has 0 aliphatic rings. The first-order valence-electron chi connectivity index (χ1n) is 6.26. The number of benzene rings is 2. The molecule has 21 heavy (non-hydrogen) atoms. The Balaban J connectivity index is 2.18. The number of nitrogen functional groups attached to an aromatic ring is 1. The number of anilines is 1. The number of fused-ring (bicyclic) bond motifs is 1. The molecular weight excluding hydrogens is 350 g/mol. The molecule has 0 fully saturated rings. The Morgan fingerprint density at radius 1 is 1.19 bits per heavy atom. The van der Waals surface area contributed by atoms with Gasteiger partial charge in [-0.25, -0.2) is 0 Å². The lowest BCUT2D eigenvalue weighted by Crippen LogP contribution is -2.05. The summed E-state index contributed by atoms with van der Waals surface area (Å²) in [6.45, 7) is 0. The van der Waals surface area contributed by atoms with Crippen LogP contribution in [0.4, 0.5) is 5.69 Å². The highest BCUT2D eigenvalue weighted by Gasteiger charge is 2.20. The van der Waals surface area contributed by atoms with E-state index in [9.17, 15) is 4.79 Å². The number of methoxy groups -OCH3 is 1. The van der Waals surface area contributed by atoms with Gasteiger partial charge in [0.2, 0.25) is 0 Å². The van der Waals surface area contributed by atoms with E-state index in [2.05, 4.69) is 15.9 Å². The molecule has 0 unspecified atom stereocenters. The number of ether oxygens (including phenoxy) is 1. The van der Waals surface area contributed by atoms with Gasteiger partial charge >= 0.3 is 0 Å². The number of carbonyl (C=O) groups is 1. The maximum Gasteiger partial charge on any atom is 0.198 e. The van der Waals surface area contributed by atoms with E-state index in [0.29, 0.717) is 22.6 Å². The SMILES string of the molecule is COc1c(N)cccc1C(=O)c1csc2c(Br)cccc12. The van der Waals surface area contributed by atoms with E-state index in [4.69, 9.17) is 10.5 Å². The molecule has 106 valence electrons. The first kappa shape index (κ1) is 14.1. The molecule has 0 saturated heterocycles. The van der Waals surface area contributed by atoms with E-state index in [-0.39, 0.29) is 5.78 Å². The average Bonchev–Trinajstić information content (AvgIpc) is 2.91. The third kappa shape index (κ3) is 2.32. The van der Waals surface area contributed by atoms with Crippen molar-refractivity contribution in [1.82, 2.24) is 0 Å². The highest BCUT2D eigenvalue weighted by atomic mass is 79.9. The fourth-order valence-corrected chi connectivity index (χ4v) is 3.91.